The second-order valence-corrected chi connectivity index (χ2v) is 6.69. The van der Waals surface area contributed by atoms with Gasteiger partial charge in [0.05, 0.1) is 5.69 Å². The molecule has 0 N–H and O–H groups in total. The van der Waals surface area contributed by atoms with E-state index in [1.807, 2.05) is 18.3 Å². The van der Waals surface area contributed by atoms with Crippen LogP contribution in [-0.4, -0.2) is 4.98 Å². The molecule has 0 spiro atoms. The van der Waals surface area contributed by atoms with E-state index >= 15 is 0 Å². The minimum absolute atomic E-state index is 1.03. The number of benzene rings is 2. The lowest BCUT2D eigenvalue weighted by molar-refractivity contribution is 0.617. The number of fused-ring (bicyclic) bond motifs is 1. The first-order valence-corrected chi connectivity index (χ1v) is 9.04. The minimum Gasteiger partial charge on any atom is -0.256 e. The summed E-state index contributed by atoms with van der Waals surface area (Å²) < 4.78 is 0. The Morgan fingerprint density at radius 3 is 2.04 bits per heavy atom. The molecule has 0 aliphatic heterocycles. The Labute approximate surface area is 144 Å². The normalized spacial score (nSPS) is 14.5. The second-order valence-electron chi connectivity index (χ2n) is 6.69. The van der Waals surface area contributed by atoms with Crippen molar-refractivity contribution in [2.75, 3.05) is 0 Å². The molecule has 3 aromatic rings. The minimum atomic E-state index is 1.03. The fraction of sp³-hybridized carbons (Fsp3) is 0.261. The molecule has 0 saturated heterocycles. The van der Waals surface area contributed by atoms with Crippen LogP contribution in [0.15, 0.2) is 66.9 Å². The molecule has 1 heterocycles. The zero-order chi connectivity index (χ0) is 16.2. The molecule has 1 heteroatoms. The number of aryl methyl sites for hydroxylation is 2. The van der Waals surface area contributed by atoms with E-state index in [-0.39, 0.29) is 0 Å². The maximum absolute atomic E-state index is 4.43. The quantitative estimate of drug-likeness (QED) is 0.559. The van der Waals surface area contributed by atoms with Crippen LogP contribution in [0.2, 0.25) is 0 Å². The maximum atomic E-state index is 4.43. The van der Waals surface area contributed by atoms with Crippen molar-refractivity contribution in [2.24, 2.45) is 0 Å². The summed E-state index contributed by atoms with van der Waals surface area (Å²) in [6, 6.07) is 21.9. The lowest BCUT2D eigenvalue weighted by Crippen LogP contribution is -1.99. The van der Waals surface area contributed by atoms with Gasteiger partial charge in [-0.1, -0.05) is 61.4 Å². The molecule has 0 saturated carbocycles. The van der Waals surface area contributed by atoms with Crippen molar-refractivity contribution in [1.29, 1.82) is 0 Å². The number of pyridine rings is 1. The molecule has 24 heavy (non-hydrogen) atoms. The predicted octanol–water partition coefficient (Wildman–Crippen LogP) is 6.07. The Balaban J connectivity index is 1.63. The smallest absolute Gasteiger partial charge is 0.0701 e. The van der Waals surface area contributed by atoms with Gasteiger partial charge in [0.2, 0.25) is 0 Å². The van der Waals surface area contributed by atoms with Crippen LogP contribution >= 0.6 is 0 Å². The zero-order valence-corrected chi connectivity index (χ0v) is 14.0. The van der Waals surface area contributed by atoms with Crippen LogP contribution < -0.4 is 0 Å². The molecule has 0 atom stereocenters. The lowest BCUT2D eigenvalue weighted by Gasteiger charge is -2.15. The third-order valence-corrected chi connectivity index (χ3v) is 5.03. The highest BCUT2D eigenvalue weighted by Crippen LogP contribution is 2.28. The average Bonchev–Trinajstić information content (AvgIpc) is 2.63. The van der Waals surface area contributed by atoms with Crippen LogP contribution in [0.25, 0.3) is 22.4 Å². The van der Waals surface area contributed by atoms with Crippen molar-refractivity contribution in [3.05, 3.63) is 78.0 Å². The van der Waals surface area contributed by atoms with Gasteiger partial charge in [0.1, 0.15) is 0 Å². The van der Waals surface area contributed by atoms with E-state index in [9.17, 15) is 0 Å². The molecule has 0 radical (unpaired) electrons. The second kappa shape index (κ2) is 7.00. The monoisotopic (exact) mass is 313 g/mol. The summed E-state index contributed by atoms with van der Waals surface area (Å²) in [4.78, 5) is 4.43. The highest BCUT2D eigenvalue weighted by Gasteiger charge is 2.09. The van der Waals surface area contributed by atoms with Gasteiger partial charge in [0, 0.05) is 11.8 Å². The van der Waals surface area contributed by atoms with Crippen molar-refractivity contribution < 1.29 is 0 Å². The number of nitrogens with zero attached hydrogens (tertiary/aromatic N) is 1. The fourth-order valence-electron chi connectivity index (χ4n) is 3.63. The molecule has 0 unspecified atom stereocenters. The molecule has 2 aromatic carbocycles. The molecule has 120 valence electrons. The highest BCUT2D eigenvalue weighted by atomic mass is 14.7. The molecule has 0 fully saturated rings. The molecule has 4 rings (SSSR count). The first kappa shape index (κ1) is 15.1. The van der Waals surface area contributed by atoms with Crippen LogP contribution in [0, 0.1) is 0 Å². The van der Waals surface area contributed by atoms with Gasteiger partial charge in [-0.2, -0.15) is 0 Å². The first-order valence-electron chi connectivity index (χ1n) is 9.04. The molecule has 0 bridgehead atoms. The first-order chi connectivity index (χ1) is 11.9. The number of hydrogen-bond acceptors (Lipinski definition) is 1. The van der Waals surface area contributed by atoms with Crippen molar-refractivity contribution >= 4 is 0 Å². The highest BCUT2D eigenvalue weighted by molar-refractivity contribution is 5.69. The molecule has 1 aliphatic carbocycles. The van der Waals surface area contributed by atoms with Crippen molar-refractivity contribution in [3.63, 3.8) is 0 Å². The molecule has 1 aliphatic rings. The van der Waals surface area contributed by atoms with Gasteiger partial charge in [-0.25, -0.2) is 0 Å². The Bertz CT molecular complexity index is 803. The fourth-order valence-corrected chi connectivity index (χ4v) is 3.63. The van der Waals surface area contributed by atoms with Crippen LogP contribution in [0.1, 0.15) is 36.8 Å². The Hall–Kier alpha value is -2.41. The van der Waals surface area contributed by atoms with Crippen molar-refractivity contribution in [2.45, 2.75) is 38.5 Å². The molecular weight excluding hydrogens is 290 g/mol. The summed E-state index contributed by atoms with van der Waals surface area (Å²) in [5, 5.41) is 0. The van der Waals surface area contributed by atoms with Gasteiger partial charge in [-0.15, -0.1) is 0 Å². The number of rotatable bonds is 2. The van der Waals surface area contributed by atoms with E-state index in [1.165, 1.54) is 55.2 Å². The Morgan fingerprint density at radius 1 is 0.583 bits per heavy atom. The number of aromatic nitrogens is 1. The summed E-state index contributed by atoms with van der Waals surface area (Å²) in [5.74, 6) is 0. The van der Waals surface area contributed by atoms with Gasteiger partial charge in [-0.3, -0.25) is 4.98 Å². The van der Waals surface area contributed by atoms with Crippen LogP contribution in [-0.2, 0) is 12.8 Å². The molecule has 1 nitrogen and oxygen atoms in total. The van der Waals surface area contributed by atoms with Gasteiger partial charge in [-0.05, 0) is 60.1 Å². The summed E-state index contributed by atoms with van der Waals surface area (Å²) in [7, 11) is 0. The van der Waals surface area contributed by atoms with E-state index in [2.05, 4.69) is 53.5 Å². The Morgan fingerprint density at radius 2 is 1.29 bits per heavy atom. The van der Waals surface area contributed by atoms with Crippen LogP contribution in [0.4, 0.5) is 0 Å². The van der Waals surface area contributed by atoms with Crippen molar-refractivity contribution in [3.8, 4) is 22.4 Å². The molecule has 1 aromatic heterocycles. The van der Waals surface area contributed by atoms with E-state index < -0.39 is 0 Å². The van der Waals surface area contributed by atoms with Crippen LogP contribution in [0.5, 0.6) is 0 Å². The molecule has 0 amide bonds. The summed E-state index contributed by atoms with van der Waals surface area (Å²) in [5.41, 5.74) is 7.94. The van der Waals surface area contributed by atoms with Crippen LogP contribution in [0.3, 0.4) is 0 Å². The summed E-state index contributed by atoms with van der Waals surface area (Å²) >= 11 is 0. The SMILES string of the molecule is c1ccc(-c2ccc(-c3ccc4c(c3)CCCCCC4)cc2)nc1. The van der Waals surface area contributed by atoms with Gasteiger partial charge in [0.25, 0.3) is 0 Å². The molecular formula is C23H23N. The Kier molecular flexibility index (Phi) is 4.42. The predicted molar refractivity (Wildman–Crippen MR) is 101 cm³/mol. The van der Waals surface area contributed by atoms with E-state index in [0.29, 0.717) is 0 Å². The third kappa shape index (κ3) is 3.26. The third-order valence-electron chi connectivity index (χ3n) is 5.03. The zero-order valence-electron chi connectivity index (χ0n) is 14.0. The summed E-state index contributed by atoms with van der Waals surface area (Å²) in [6.45, 7) is 0. The van der Waals surface area contributed by atoms with Gasteiger partial charge >= 0.3 is 0 Å². The lowest BCUT2D eigenvalue weighted by atomic mass is 9.90. The topological polar surface area (TPSA) is 12.9 Å². The van der Waals surface area contributed by atoms with Gasteiger partial charge < -0.3 is 0 Å². The van der Waals surface area contributed by atoms with Gasteiger partial charge in [0.15, 0.2) is 0 Å². The largest absolute Gasteiger partial charge is 0.256 e. The summed E-state index contributed by atoms with van der Waals surface area (Å²) in [6.07, 6.45) is 9.75. The van der Waals surface area contributed by atoms with E-state index in [1.54, 1.807) is 11.1 Å². The van der Waals surface area contributed by atoms with E-state index in [4.69, 9.17) is 0 Å². The van der Waals surface area contributed by atoms with E-state index in [0.717, 1.165) is 5.69 Å². The average molecular weight is 313 g/mol. The standard InChI is InChI=1S/C23H23N/c1-2-4-8-21-17-22(15-12-18(21)7-3-1)19-10-13-20(14-11-19)23-9-5-6-16-24-23/h5-6,9-17H,1-4,7-8H2. The van der Waals surface area contributed by atoms with Crippen molar-refractivity contribution in [1.82, 2.24) is 4.98 Å². The number of hydrogen-bond donors (Lipinski definition) is 0. The maximum Gasteiger partial charge on any atom is 0.0701 e.